The van der Waals surface area contributed by atoms with Gasteiger partial charge in [0.2, 0.25) is 0 Å². The Morgan fingerprint density at radius 3 is 2.00 bits per heavy atom. The maximum atomic E-state index is 12.0. The summed E-state index contributed by atoms with van der Waals surface area (Å²) in [6.45, 7) is 6.26. The zero-order valence-corrected chi connectivity index (χ0v) is 12.1. The van der Waals surface area contributed by atoms with Gasteiger partial charge in [-0.3, -0.25) is 14.2 Å². The average Bonchev–Trinajstić information content (AvgIpc) is 2.15. The SMILES string of the molecule is CCC(CC)C(C)(OC(C)=O)C(=O)CP(=O)(O)O. The second kappa shape index (κ2) is 6.45. The van der Waals surface area contributed by atoms with E-state index in [1.54, 1.807) is 0 Å². The molecule has 0 radical (unpaired) electrons. The summed E-state index contributed by atoms with van der Waals surface area (Å²) in [6.07, 6.45) is 0.244. The fourth-order valence-corrected chi connectivity index (χ4v) is 2.77. The second-order valence-electron chi connectivity index (χ2n) is 4.46. The number of ether oxygens (including phenoxy) is 1. The normalized spacial score (nSPS) is 15.3. The molecule has 106 valence electrons. The van der Waals surface area contributed by atoms with Crippen molar-refractivity contribution in [1.82, 2.24) is 0 Å². The summed E-state index contributed by atoms with van der Waals surface area (Å²) in [7, 11) is -4.46. The monoisotopic (exact) mass is 280 g/mol. The second-order valence-corrected chi connectivity index (χ2v) is 6.11. The van der Waals surface area contributed by atoms with Crippen LogP contribution in [-0.2, 0) is 18.9 Å². The molecule has 0 aliphatic rings. The van der Waals surface area contributed by atoms with Crippen molar-refractivity contribution in [2.75, 3.05) is 6.16 Å². The number of carbonyl (C=O) groups is 2. The molecule has 18 heavy (non-hydrogen) atoms. The first-order valence-electron chi connectivity index (χ1n) is 5.84. The van der Waals surface area contributed by atoms with Gasteiger partial charge in [-0.05, 0) is 19.8 Å². The highest BCUT2D eigenvalue weighted by molar-refractivity contribution is 7.52. The van der Waals surface area contributed by atoms with Crippen molar-refractivity contribution >= 4 is 19.3 Å². The molecule has 0 saturated heterocycles. The van der Waals surface area contributed by atoms with Gasteiger partial charge in [0.1, 0.15) is 6.16 Å². The Hall–Kier alpha value is -0.710. The van der Waals surface area contributed by atoms with Gasteiger partial charge in [-0.25, -0.2) is 0 Å². The number of Topliss-reactive ketones (excluding diaryl/α,β-unsaturated/α-hetero) is 1. The Morgan fingerprint density at radius 1 is 1.28 bits per heavy atom. The highest BCUT2D eigenvalue weighted by atomic mass is 31.2. The maximum absolute atomic E-state index is 12.0. The summed E-state index contributed by atoms with van der Waals surface area (Å²) < 4.78 is 16.0. The lowest BCUT2D eigenvalue weighted by Crippen LogP contribution is -2.48. The zero-order valence-electron chi connectivity index (χ0n) is 11.2. The summed E-state index contributed by atoms with van der Waals surface area (Å²) in [4.78, 5) is 40.8. The topological polar surface area (TPSA) is 101 Å². The molecule has 0 aromatic heterocycles. The number of hydrogen-bond donors (Lipinski definition) is 2. The van der Waals surface area contributed by atoms with Gasteiger partial charge < -0.3 is 14.5 Å². The molecule has 0 aliphatic carbocycles. The standard InChI is InChI=1S/C11H21O6P/c1-5-9(6-2)11(4,17-8(3)12)10(13)7-18(14,15)16/h9H,5-7H2,1-4H3,(H2,14,15,16). The van der Waals surface area contributed by atoms with Crippen LogP contribution < -0.4 is 0 Å². The molecular weight excluding hydrogens is 259 g/mol. The Kier molecular flexibility index (Phi) is 6.20. The number of hydrogen-bond acceptors (Lipinski definition) is 4. The Bertz CT molecular complexity index is 357. The molecule has 0 saturated carbocycles. The highest BCUT2D eigenvalue weighted by Crippen LogP contribution is 2.38. The predicted octanol–water partition coefficient (Wildman–Crippen LogP) is 1.49. The van der Waals surface area contributed by atoms with Crippen LogP contribution in [0.2, 0.25) is 0 Å². The molecule has 0 fully saturated rings. The van der Waals surface area contributed by atoms with E-state index in [2.05, 4.69) is 0 Å². The van der Waals surface area contributed by atoms with Gasteiger partial charge >= 0.3 is 13.6 Å². The van der Waals surface area contributed by atoms with Crippen molar-refractivity contribution in [2.24, 2.45) is 5.92 Å². The van der Waals surface area contributed by atoms with Gasteiger partial charge in [-0.15, -0.1) is 0 Å². The van der Waals surface area contributed by atoms with E-state index in [1.165, 1.54) is 13.8 Å². The quantitative estimate of drug-likeness (QED) is 0.541. The third kappa shape index (κ3) is 4.88. The molecule has 0 spiro atoms. The van der Waals surface area contributed by atoms with Crippen LogP contribution in [0.1, 0.15) is 40.5 Å². The van der Waals surface area contributed by atoms with E-state index in [-0.39, 0.29) is 5.92 Å². The summed E-state index contributed by atoms with van der Waals surface area (Å²) in [5, 5.41) is 0. The molecule has 0 heterocycles. The summed E-state index contributed by atoms with van der Waals surface area (Å²) >= 11 is 0. The first-order chi connectivity index (χ1) is 8.06. The van der Waals surface area contributed by atoms with E-state index >= 15 is 0 Å². The molecule has 0 aromatic carbocycles. The van der Waals surface area contributed by atoms with Crippen LogP contribution in [0.15, 0.2) is 0 Å². The molecule has 0 amide bonds. The molecule has 7 heteroatoms. The Balaban J connectivity index is 5.26. The summed E-state index contributed by atoms with van der Waals surface area (Å²) in [6, 6.07) is 0. The van der Waals surface area contributed by atoms with E-state index in [0.717, 1.165) is 0 Å². The van der Waals surface area contributed by atoms with Crippen LogP contribution in [0.3, 0.4) is 0 Å². The highest BCUT2D eigenvalue weighted by Gasteiger charge is 2.44. The average molecular weight is 280 g/mol. The minimum absolute atomic E-state index is 0.263. The smallest absolute Gasteiger partial charge is 0.333 e. The van der Waals surface area contributed by atoms with Gasteiger partial charge in [0.05, 0.1) is 0 Å². The first kappa shape index (κ1) is 17.3. The molecule has 0 aromatic rings. The van der Waals surface area contributed by atoms with Crippen LogP contribution >= 0.6 is 7.60 Å². The summed E-state index contributed by atoms with van der Waals surface area (Å²) in [5.74, 6) is -1.64. The van der Waals surface area contributed by atoms with Gasteiger partial charge in [-0.1, -0.05) is 13.8 Å². The first-order valence-corrected chi connectivity index (χ1v) is 7.64. The molecular formula is C11H21O6P. The van der Waals surface area contributed by atoms with E-state index in [9.17, 15) is 14.2 Å². The van der Waals surface area contributed by atoms with E-state index in [0.29, 0.717) is 12.8 Å². The molecule has 0 bridgehead atoms. The van der Waals surface area contributed by atoms with Crippen LogP contribution in [-0.4, -0.2) is 33.3 Å². The largest absolute Gasteiger partial charge is 0.451 e. The minimum atomic E-state index is -4.46. The van der Waals surface area contributed by atoms with Crippen LogP contribution in [0.5, 0.6) is 0 Å². The lowest BCUT2D eigenvalue weighted by Gasteiger charge is -2.34. The Labute approximate surface area is 107 Å². The number of esters is 1. The fraction of sp³-hybridized carbons (Fsp3) is 0.818. The Morgan fingerprint density at radius 2 is 1.72 bits per heavy atom. The minimum Gasteiger partial charge on any atom is -0.451 e. The third-order valence-electron chi connectivity index (χ3n) is 3.02. The van der Waals surface area contributed by atoms with E-state index < -0.39 is 31.1 Å². The van der Waals surface area contributed by atoms with Crippen LogP contribution in [0.25, 0.3) is 0 Å². The predicted molar refractivity (Wildman–Crippen MR) is 66.2 cm³/mol. The molecule has 0 rings (SSSR count). The van der Waals surface area contributed by atoms with E-state index in [4.69, 9.17) is 14.5 Å². The number of carbonyl (C=O) groups excluding carboxylic acids is 2. The molecule has 6 nitrogen and oxygen atoms in total. The van der Waals surface area contributed by atoms with Crippen molar-refractivity contribution < 1.29 is 28.7 Å². The number of ketones is 1. The third-order valence-corrected chi connectivity index (χ3v) is 3.72. The van der Waals surface area contributed by atoms with Crippen molar-refractivity contribution in [3.05, 3.63) is 0 Å². The lowest BCUT2D eigenvalue weighted by atomic mass is 9.82. The van der Waals surface area contributed by atoms with Gasteiger partial charge in [0, 0.05) is 12.8 Å². The van der Waals surface area contributed by atoms with Crippen molar-refractivity contribution in [3.63, 3.8) is 0 Å². The molecule has 1 unspecified atom stereocenters. The van der Waals surface area contributed by atoms with Crippen LogP contribution in [0.4, 0.5) is 0 Å². The van der Waals surface area contributed by atoms with Crippen molar-refractivity contribution in [3.8, 4) is 0 Å². The number of rotatable bonds is 7. The van der Waals surface area contributed by atoms with E-state index in [1.807, 2.05) is 13.8 Å². The lowest BCUT2D eigenvalue weighted by molar-refractivity contribution is -0.169. The summed E-state index contributed by atoms with van der Waals surface area (Å²) in [5.41, 5.74) is -1.48. The molecule has 1 atom stereocenters. The van der Waals surface area contributed by atoms with Crippen molar-refractivity contribution in [2.45, 2.75) is 46.1 Å². The van der Waals surface area contributed by atoms with Gasteiger partial charge in [0.15, 0.2) is 11.4 Å². The molecule has 0 aliphatic heterocycles. The van der Waals surface area contributed by atoms with Crippen LogP contribution in [0, 0.1) is 5.92 Å². The van der Waals surface area contributed by atoms with Gasteiger partial charge in [-0.2, -0.15) is 0 Å². The van der Waals surface area contributed by atoms with Crippen molar-refractivity contribution in [1.29, 1.82) is 0 Å². The zero-order chi connectivity index (χ0) is 14.6. The fourth-order valence-electron chi connectivity index (χ4n) is 2.08. The molecule has 2 N–H and O–H groups in total. The maximum Gasteiger partial charge on any atom is 0.333 e. The van der Waals surface area contributed by atoms with Gasteiger partial charge in [0.25, 0.3) is 0 Å².